The van der Waals surface area contributed by atoms with E-state index < -0.39 is 6.10 Å². The smallest absolute Gasteiger partial charge is 0.265 e. The van der Waals surface area contributed by atoms with E-state index in [2.05, 4.69) is 10.6 Å². The van der Waals surface area contributed by atoms with Crippen LogP contribution in [-0.4, -0.2) is 17.9 Å². The molecule has 6 heteroatoms. The maximum Gasteiger partial charge on any atom is 0.265 e. The van der Waals surface area contributed by atoms with Crippen LogP contribution in [-0.2, 0) is 9.59 Å². The van der Waals surface area contributed by atoms with Crippen molar-refractivity contribution in [3.05, 3.63) is 53.6 Å². The molecule has 0 saturated carbocycles. The molecule has 0 spiro atoms. The molecule has 0 aliphatic carbocycles. The molecule has 0 unspecified atom stereocenters. The zero-order chi connectivity index (χ0) is 17.5. The van der Waals surface area contributed by atoms with E-state index in [9.17, 15) is 9.59 Å². The summed E-state index contributed by atoms with van der Waals surface area (Å²) in [5.41, 5.74) is 1.20. The molecule has 2 rings (SSSR count). The van der Waals surface area contributed by atoms with Gasteiger partial charge in [-0.05, 0) is 48.9 Å². The minimum Gasteiger partial charge on any atom is -0.481 e. The molecule has 0 fully saturated rings. The maximum absolute atomic E-state index is 12.4. The molecule has 0 aromatic heterocycles. The number of anilines is 2. The molecule has 0 aliphatic rings. The third-order valence-electron chi connectivity index (χ3n) is 3.21. The summed E-state index contributed by atoms with van der Waals surface area (Å²) >= 11 is 5.84. The van der Waals surface area contributed by atoms with E-state index in [1.54, 1.807) is 48.5 Å². The second-order valence-corrected chi connectivity index (χ2v) is 5.66. The van der Waals surface area contributed by atoms with Crippen LogP contribution in [0.3, 0.4) is 0 Å². The highest BCUT2D eigenvalue weighted by molar-refractivity contribution is 6.30. The predicted molar refractivity (Wildman–Crippen MR) is 95.5 cm³/mol. The Morgan fingerprint density at radius 3 is 2.29 bits per heavy atom. The monoisotopic (exact) mass is 346 g/mol. The van der Waals surface area contributed by atoms with Gasteiger partial charge in [0.05, 0.1) is 0 Å². The minimum absolute atomic E-state index is 0.170. The van der Waals surface area contributed by atoms with Gasteiger partial charge in [-0.2, -0.15) is 0 Å². The van der Waals surface area contributed by atoms with Gasteiger partial charge < -0.3 is 15.4 Å². The molecule has 2 aromatic carbocycles. The van der Waals surface area contributed by atoms with Gasteiger partial charge in [0.25, 0.3) is 5.91 Å². The molecule has 0 bridgehead atoms. The molecule has 0 aliphatic heterocycles. The molecule has 2 aromatic rings. The van der Waals surface area contributed by atoms with Gasteiger partial charge in [0.2, 0.25) is 5.91 Å². The number of benzene rings is 2. The lowest BCUT2D eigenvalue weighted by Gasteiger charge is -2.17. The second-order valence-electron chi connectivity index (χ2n) is 5.22. The van der Waals surface area contributed by atoms with Crippen LogP contribution in [0.2, 0.25) is 5.02 Å². The Bertz CT molecular complexity index is 716. The predicted octanol–water partition coefficient (Wildman–Crippen LogP) is 4.09. The van der Waals surface area contributed by atoms with E-state index in [1.165, 1.54) is 6.92 Å². The average molecular weight is 347 g/mol. The van der Waals surface area contributed by atoms with Gasteiger partial charge in [-0.25, -0.2) is 0 Å². The summed E-state index contributed by atoms with van der Waals surface area (Å²) < 4.78 is 5.71. The van der Waals surface area contributed by atoms with Gasteiger partial charge in [-0.15, -0.1) is 0 Å². The number of hydrogen-bond acceptors (Lipinski definition) is 3. The van der Waals surface area contributed by atoms with Crippen LogP contribution in [0.25, 0.3) is 0 Å². The van der Waals surface area contributed by atoms with Crippen molar-refractivity contribution in [2.75, 3.05) is 10.6 Å². The molecule has 126 valence electrons. The van der Waals surface area contributed by atoms with Crippen molar-refractivity contribution in [3.8, 4) is 5.75 Å². The third-order valence-corrected chi connectivity index (χ3v) is 3.46. The Morgan fingerprint density at radius 2 is 1.71 bits per heavy atom. The van der Waals surface area contributed by atoms with Crippen molar-refractivity contribution in [2.24, 2.45) is 0 Å². The van der Waals surface area contributed by atoms with E-state index in [0.29, 0.717) is 28.6 Å². The van der Waals surface area contributed by atoms with Crippen LogP contribution in [0, 0.1) is 0 Å². The van der Waals surface area contributed by atoms with Gasteiger partial charge in [-0.3, -0.25) is 9.59 Å². The summed E-state index contributed by atoms with van der Waals surface area (Å²) in [4.78, 5) is 23.5. The lowest BCUT2D eigenvalue weighted by molar-refractivity contribution is -0.122. The van der Waals surface area contributed by atoms with Crippen LogP contribution in [0.1, 0.15) is 20.3 Å². The largest absolute Gasteiger partial charge is 0.481 e. The second kappa shape index (κ2) is 8.36. The molecule has 0 saturated heterocycles. The first-order valence-corrected chi connectivity index (χ1v) is 7.96. The first-order chi connectivity index (χ1) is 11.5. The fourth-order valence-corrected chi connectivity index (χ4v) is 2.23. The third kappa shape index (κ3) is 5.28. The number of halogens is 1. The molecule has 0 heterocycles. The van der Waals surface area contributed by atoms with Gasteiger partial charge in [0, 0.05) is 23.3 Å². The summed E-state index contributed by atoms with van der Waals surface area (Å²) in [6.07, 6.45) is -0.115. The topological polar surface area (TPSA) is 67.4 Å². The molecular weight excluding hydrogens is 328 g/mol. The molecule has 1 atom stereocenters. The Labute approximate surface area is 146 Å². The van der Waals surface area contributed by atoms with Crippen molar-refractivity contribution in [1.29, 1.82) is 0 Å². The summed E-state index contributed by atoms with van der Waals surface area (Å²) in [5.74, 6) is 0.150. The first-order valence-electron chi connectivity index (χ1n) is 7.58. The van der Waals surface area contributed by atoms with Crippen LogP contribution in [0.5, 0.6) is 5.75 Å². The van der Waals surface area contributed by atoms with Crippen molar-refractivity contribution >= 4 is 34.8 Å². The highest BCUT2D eigenvalue weighted by atomic mass is 35.5. The minimum atomic E-state index is -0.629. The Kier molecular flexibility index (Phi) is 6.21. The number of rotatable bonds is 6. The Balaban J connectivity index is 2.03. The number of amides is 2. The van der Waals surface area contributed by atoms with Crippen LogP contribution < -0.4 is 15.4 Å². The standard InChI is InChI=1S/C18H19ClN2O3/c1-3-17(24-16-9-7-13(19)8-10-16)18(23)21-15-6-4-5-14(11-15)20-12(2)22/h4-11,17H,3H2,1-2H3,(H,20,22)(H,21,23)/t17-/m0/s1. The summed E-state index contributed by atoms with van der Waals surface area (Å²) in [6.45, 7) is 3.30. The van der Waals surface area contributed by atoms with Gasteiger partial charge in [-0.1, -0.05) is 24.6 Å². The fraction of sp³-hybridized carbons (Fsp3) is 0.222. The van der Waals surface area contributed by atoms with E-state index >= 15 is 0 Å². The van der Waals surface area contributed by atoms with Gasteiger partial charge in [0.1, 0.15) is 5.75 Å². The number of carbonyl (C=O) groups is 2. The van der Waals surface area contributed by atoms with Gasteiger partial charge >= 0.3 is 0 Å². The van der Waals surface area contributed by atoms with E-state index in [0.717, 1.165) is 0 Å². The quantitative estimate of drug-likeness (QED) is 0.827. The van der Waals surface area contributed by atoms with Crippen molar-refractivity contribution < 1.29 is 14.3 Å². The van der Waals surface area contributed by atoms with E-state index in [1.807, 2.05) is 6.92 Å². The summed E-state index contributed by atoms with van der Waals surface area (Å²) in [5, 5.41) is 6.08. The van der Waals surface area contributed by atoms with Crippen LogP contribution in [0.15, 0.2) is 48.5 Å². The first kappa shape index (κ1) is 17.8. The van der Waals surface area contributed by atoms with E-state index in [4.69, 9.17) is 16.3 Å². The van der Waals surface area contributed by atoms with Crippen molar-refractivity contribution in [1.82, 2.24) is 0 Å². The van der Waals surface area contributed by atoms with Gasteiger partial charge in [0.15, 0.2) is 6.10 Å². The lowest BCUT2D eigenvalue weighted by atomic mass is 10.2. The fourth-order valence-electron chi connectivity index (χ4n) is 2.10. The molecule has 0 radical (unpaired) electrons. The lowest BCUT2D eigenvalue weighted by Crippen LogP contribution is -2.32. The van der Waals surface area contributed by atoms with Crippen molar-refractivity contribution in [2.45, 2.75) is 26.4 Å². The van der Waals surface area contributed by atoms with Crippen molar-refractivity contribution in [3.63, 3.8) is 0 Å². The average Bonchev–Trinajstić information content (AvgIpc) is 2.54. The Hall–Kier alpha value is -2.53. The highest BCUT2D eigenvalue weighted by Gasteiger charge is 2.18. The highest BCUT2D eigenvalue weighted by Crippen LogP contribution is 2.19. The normalized spacial score (nSPS) is 11.5. The maximum atomic E-state index is 12.4. The molecular formula is C18H19ClN2O3. The van der Waals surface area contributed by atoms with Crippen LogP contribution >= 0.6 is 11.6 Å². The number of ether oxygens (including phenoxy) is 1. The molecule has 24 heavy (non-hydrogen) atoms. The zero-order valence-electron chi connectivity index (χ0n) is 13.5. The molecule has 5 nitrogen and oxygen atoms in total. The SMILES string of the molecule is CC[C@H](Oc1ccc(Cl)cc1)C(=O)Nc1cccc(NC(C)=O)c1. The summed E-state index contributed by atoms with van der Waals surface area (Å²) in [6, 6.07) is 13.8. The summed E-state index contributed by atoms with van der Waals surface area (Å²) in [7, 11) is 0. The Morgan fingerprint density at radius 1 is 1.08 bits per heavy atom. The number of hydrogen-bond donors (Lipinski definition) is 2. The molecule has 2 amide bonds. The zero-order valence-corrected chi connectivity index (χ0v) is 14.3. The van der Waals surface area contributed by atoms with E-state index in [-0.39, 0.29) is 11.8 Å². The number of nitrogens with one attached hydrogen (secondary N) is 2. The van der Waals surface area contributed by atoms with Crippen LogP contribution in [0.4, 0.5) is 11.4 Å². The number of carbonyl (C=O) groups excluding carboxylic acids is 2. The molecule has 2 N–H and O–H groups in total.